The second kappa shape index (κ2) is 5.29. The van der Waals surface area contributed by atoms with Crippen molar-refractivity contribution in [3.8, 4) is 17.6 Å². The lowest BCUT2D eigenvalue weighted by Crippen LogP contribution is -1.95. The molecule has 19 heavy (non-hydrogen) atoms. The van der Waals surface area contributed by atoms with E-state index in [9.17, 15) is 9.50 Å². The summed E-state index contributed by atoms with van der Waals surface area (Å²) in [6.07, 6.45) is 0. The van der Waals surface area contributed by atoms with Crippen molar-refractivity contribution in [2.45, 2.75) is 19.8 Å². The van der Waals surface area contributed by atoms with Crippen molar-refractivity contribution in [3.63, 3.8) is 0 Å². The number of benzene rings is 2. The molecule has 2 rings (SSSR count). The molecule has 98 valence electrons. The summed E-state index contributed by atoms with van der Waals surface area (Å²) >= 11 is 0. The van der Waals surface area contributed by atoms with Crippen LogP contribution in [0.15, 0.2) is 24.3 Å². The summed E-state index contributed by atoms with van der Waals surface area (Å²) in [5.41, 5.74) is 1.12. The summed E-state index contributed by atoms with van der Waals surface area (Å²) in [4.78, 5) is 0. The van der Waals surface area contributed by atoms with Crippen LogP contribution in [-0.2, 0) is 0 Å². The van der Waals surface area contributed by atoms with Crippen molar-refractivity contribution >= 4 is 10.8 Å². The molecule has 0 saturated heterocycles. The Morgan fingerprint density at radius 3 is 2.63 bits per heavy atom. The Bertz CT molecular complexity index is 678. The van der Waals surface area contributed by atoms with Gasteiger partial charge in [0.15, 0.2) is 0 Å². The Morgan fingerprint density at radius 2 is 2.00 bits per heavy atom. The number of phenols is 1. The first-order valence-electron chi connectivity index (χ1n) is 6.09. The first kappa shape index (κ1) is 13.4. The zero-order chi connectivity index (χ0) is 14.0. The van der Waals surface area contributed by atoms with Crippen LogP contribution in [0.4, 0.5) is 4.39 Å². The number of aliphatic hydroxyl groups is 1. The molecule has 0 aliphatic heterocycles. The van der Waals surface area contributed by atoms with Gasteiger partial charge in [-0.05, 0) is 35.1 Å². The van der Waals surface area contributed by atoms with Crippen molar-refractivity contribution < 1.29 is 14.6 Å². The lowest BCUT2D eigenvalue weighted by Gasteiger charge is -2.13. The highest BCUT2D eigenvalue weighted by atomic mass is 19.1. The maximum atomic E-state index is 13.9. The summed E-state index contributed by atoms with van der Waals surface area (Å²) in [6.45, 7) is 3.63. The molecular formula is C16H15FO2. The number of phenolic OH excluding ortho intramolecular Hbond substituents is 1. The average Bonchev–Trinajstić information content (AvgIpc) is 2.37. The maximum Gasteiger partial charge on any atom is 0.139 e. The zero-order valence-corrected chi connectivity index (χ0v) is 10.9. The fourth-order valence-electron chi connectivity index (χ4n) is 2.16. The van der Waals surface area contributed by atoms with Crippen LogP contribution in [-0.4, -0.2) is 16.8 Å². The summed E-state index contributed by atoms with van der Waals surface area (Å²) < 4.78 is 13.9. The second-order valence-corrected chi connectivity index (χ2v) is 4.67. The van der Waals surface area contributed by atoms with Crippen LogP contribution >= 0.6 is 0 Å². The molecule has 0 aliphatic carbocycles. The van der Waals surface area contributed by atoms with E-state index in [-0.39, 0.29) is 23.8 Å². The van der Waals surface area contributed by atoms with Gasteiger partial charge in [-0.3, -0.25) is 0 Å². The predicted octanol–water partition coefficient (Wildman–Crippen LogP) is 3.15. The van der Waals surface area contributed by atoms with E-state index in [2.05, 4.69) is 11.8 Å². The van der Waals surface area contributed by atoms with E-state index < -0.39 is 5.82 Å². The molecule has 0 amide bonds. The third-order valence-corrected chi connectivity index (χ3v) is 3.00. The molecule has 0 saturated carbocycles. The van der Waals surface area contributed by atoms with Crippen molar-refractivity contribution in [3.05, 3.63) is 41.2 Å². The molecule has 2 aromatic carbocycles. The summed E-state index contributed by atoms with van der Waals surface area (Å²) in [6, 6.07) is 6.18. The van der Waals surface area contributed by atoms with Gasteiger partial charge in [-0.25, -0.2) is 4.39 Å². The third kappa shape index (κ3) is 2.54. The van der Waals surface area contributed by atoms with Crippen LogP contribution in [0.3, 0.4) is 0 Å². The molecule has 0 spiro atoms. The highest BCUT2D eigenvalue weighted by molar-refractivity contribution is 5.93. The molecule has 0 atom stereocenters. The fraction of sp³-hybridized carbons (Fsp3) is 0.250. The number of aromatic hydroxyl groups is 1. The van der Waals surface area contributed by atoms with E-state index in [1.165, 1.54) is 6.07 Å². The van der Waals surface area contributed by atoms with Gasteiger partial charge < -0.3 is 10.2 Å². The van der Waals surface area contributed by atoms with Gasteiger partial charge in [0.05, 0.1) is 5.56 Å². The van der Waals surface area contributed by atoms with Crippen LogP contribution in [0.25, 0.3) is 10.8 Å². The molecule has 0 fully saturated rings. The van der Waals surface area contributed by atoms with Crippen LogP contribution in [0.2, 0.25) is 0 Å². The Labute approximate surface area is 111 Å². The van der Waals surface area contributed by atoms with Crippen LogP contribution in [0, 0.1) is 17.7 Å². The van der Waals surface area contributed by atoms with E-state index in [4.69, 9.17) is 5.11 Å². The van der Waals surface area contributed by atoms with Crippen molar-refractivity contribution in [2.75, 3.05) is 6.61 Å². The Balaban J connectivity index is 2.89. The van der Waals surface area contributed by atoms with Gasteiger partial charge in [-0.15, -0.1) is 0 Å². The standard InChI is InChI=1S/C16H15FO2/c1-10(2)14-9-12(19)8-11-5-6-15(17)13(16(11)14)4-3-7-18/h5-6,8-10,18-19H,7H2,1-2H3. The first-order valence-corrected chi connectivity index (χ1v) is 6.09. The smallest absolute Gasteiger partial charge is 0.139 e. The molecule has 0 aliphatic rings. The molecule has 0 unspecified atom stereocenters. The number of aliphatic hydroxyl groups excluding tert-OH is 1. The van der Waals surface area contributed by atoms with Crippen molar-refractivity contribution in [1.29, 1.82) is 0 Å². The van der Waals surface area contributed by atoms with Crippen molar-refractivity contribution in [1.82, 2.24) is 0 Å². The number of hydrogen-bond acceptors (Lipinski definition) is 2. The maximum absolute atomic E-state index is 13.9. The minimum atomic E-state index is -0.416. The predicted molar refractivity (Wildman–Crippen MR) is 73.6 cm³/mol. The topological polar surface area (TPSA) is 40.5 Å². The van der Waals surface area contributed by atoms with E-state index in [1.54, 1.807) is 18.2 Å². The first-order chi connectivity index (χ1) is 9.04. The normalized spacial score (nSPS) is 10.6. The van der Waals surface area contributed by atoms with Crippen molar-refractivity contribution in [2.24, 2.45) is 0 Å². The molecule has 0 radical (unpaired) electrons. The van der Waals surface area contributed by atoms with E-state index in [1.807, 2.05) is 13.8 Å². The molecule has 0 aromatic heterocycles. The molecule has 0 heterocycles. The van der Waals surface area contributed by atoms with E-state index >= 15 is 0 Å². The third-order valence-electron chi connectivity index (χ3n) is 3.00. The average molecular weight is 258 g/mol. The number of hydrogen-bond donors (Lipinski definition) is 2. The summed E-state index contributed by atoms with van der Waals surface area (Å²) in [5.74, 6) is 5.02. The lowest BCUT2D eigenvalue weighted by atomic mass is 9.92. The van der Waals surface area contributed by atoms with Gasteiger partial charge in [-0.2, -0.15) is 0 Å². The highest BCUT2D eigenvalue weighted by Crippen LogP contribution is 2.33. The van der Waals surface area contributed by atoms with Gasteiger partial charge in [0.25, 0.3) is 0 Å². The summed E-state index contributed by atoms with van der Waals surface area (Å²) in [5, 5.41) is 19.9. The van der Waals surface area contributed by atoms with Crippen LogP contribution in [0.5, 0.6) is 5.75 Å². The zero-order valence-electron chi connectivity index (χ0n) is 10.9. The van der Waals surface area contributed by atoms with Gasteiger partial charge in [-0.1, -0.05) is 31.8 Å². The number of fused-ring (bicyclic) bond motifs is 1. The number of rotatable bonds is 1. The SMILES string of the molecule is CC(C)c1cc(O)cc2ccc(F)c(C#CCO)c12. The molecule has 0 bridgehead atoms. The minimum absolute atomic E-state index is 0.131. The van der Waals surface area contributed by atoms with Gasteiger partial charge in [0.2, 0.25) is 0 Å². The Morgan fingerprint density at radius 1 is 1.26 bits per heavy atom. The van der Waals surface area contributed by atoms with Gasteiger partial charge in [0, 0.05) is 5.39 Å². The fourth-order valence-corrected chi connectivity index (χ4v) is 2.16. The van der Waals surface area contributed by atoms with Gasteiger partial charge in [0.1, 0.15) is 18.2 Å². The molecule has 2 N–H and O–H groups in total. The molecule has 2 nitrogen and oxygen atoms in total. The summed E-state index contributed by atoms with van der Waals surface area (Å²) in [7, 11) is 0. The Hall–Kier alpha value is -2.05. The lowest BCUT2D eigenvalue weighted by molar-refractivity contribution is 0.350. The highest BCUT2D eigenvalue weighted by Gasteiger charge is 2.13. The number of halogens is 1. The molecule has 3 heteroatoms. The Kier molecular flexibility index (Phi) is 3.73. The van der Waals surface area contributed by atoms with E-state index in [0.29, 0.717) is 5.39 Å². The quantitative estimate of drug-likeness (QED) is 0.771. The molecular weight excluding hydrogens is 243 g/mol. The van der Waals surface area contributed by atoms with Crippen LogP contribution in [0.1, 0.15) is 30.9 Å². The van der Waals surface area contributed by atoms with E-state index in [0.717, 1.165) is 10.9 Å². The minimum Gasteiger partial charge on any atom is -0.508 e. The second-order valence-electron chi connectivity index (χ2n) is 4.67. The monoisotopic (exact) mass is 258 g/mol. The van der Waals surface area contributed by atoms with Gasteiger partial charge >= 0.3 is 0 Å². The largest absolute Gasteiger partial charge is 0.508 e. The molecule has 2 aromatic rings. The van der Waals surface area contributed by atoms with Crippen LogP contribution < -0.4 is 0 Å².